The Morgan fingerprint density at radius 3 is 2.72 bits per heavy atom. The topological polar surface area (TPSA) is 50.9 Å². The van der Waals surface area contributed by atoms with Gasteiger partial charge in [-0.05, 0) is 38.8 Å². The first-order valence-electron chi connectivity index (χ1n) is 6.50. The molecule has 3 N–H and O–H groups in total. The van der Waals surface area contributed by atoms with Crippen molar-refractivity contribution < 1.29 is 0 Å². The molecule has 18 heavy (non-hydrogen) atoms. The summed E-state index contributed by atoms with van der Waals surface area (Å²) in [6, 6.07) is 2.39. The lowest BCUT2D eigenvalue weighted by Gasteiger charge is -2.18. The number of aromatic nitrogens is 1. The number of hydrogen-bond acceptors (Lipinski definition) is 3. The van der Waals surface area contributed by atoms with Crippen LogP contribution in [0.3, 0.4) is 0 Å². The van der Waals surface area contributed by atoms with Crippen molar-refractivity contribution in [2.75, 3.05) is 5.32 Å². The third-order valence-electron chi connectivity index (χ3n) is 2.96. The van der Waals surface area contributed by atoms with Crippen LogP contribution in [0.5, 0.6) is 0 Å². The number of rotatable bonds is 6. The van der Waals surface area contributed by atoms with Crippen LogP contribution in [0.1, 0.15) is 49.9 Å². The molecule has 100 valence electrons. The lowest BCUT2D eigenvalue weighted by atomic mass is 10.1. The van der Waals surface area contributed by atoms with Crippen molar-refractivity contribution in [3.05, 3.63) is 22.9 Å². The summed E-state index contributed by atoms with van der Waals surface area (Å²) in [7, 11) is 0. The third kappa shape index (κ3) is 3.95. The summed E-state index contributed by atoms with van der Waals surface area (Å²) in [4.78, 5) is 4.93. The van der Waals surface area contributed by atoms with Crippen molar-refractivity contribution in [2.45, 2.75) is 53.0 Å². The van der Waals surface area contributed by atoms with Gasteiger partial charge in [-0.3, -0.25) is 0 Å². The molecule has 0 saturated heterocycles. The Bertz CT molecular complexity index is 429. The second-order valence-electron chi connectivity index (χ2n) is 4.86. The van der Waals surface area contributed by atoms with Crippen LogP contribution in [0.4, 0.5) is 5.82 Å². The molecule has 1 atom stereocenters. The van der Waals surface area contributed by atoms with E-state index in [1.54, 1.807) is 0 Å². The van der Waals surface area contributed by atoms with Crippen molar-refractivity contribution in [3.8, 4) is 0 Å². The molecule has 0 fully saturated rings. The molecule has 1 heterocycles. The Labute approximate surface area is 115 Å². The predicted molar refractivity (Wildman–Crippen MR) is 82.2 cm³/mol. The van der Waals surface area contributed by atoms with E-state index in [1.807, 2.05) is 19.9 Å². The Balaban J connectivity index is 2.96. The Morgan fingerprint density at radius 2 is 2.17 bits per heavy atom. The van der Waals surface area contributed by atoms with Gasteiger partial charge in [-0.2, -0.15) is 0 Å². The maximum atomic E-state index is 5.79. The SMILES string of the molecule is CCCCC(C)Nc1nc(C)cc(C)c1C(N)=S. The predicted octanol–water partition coefficient (Wildman–Crippen LogP) is 3.32. The van der Waals surface area contributed by atoms with E-state index in [0.717, 1.165) is 29.1 Å². The molecule has 1 aromatic heterocycles. The molecule has 0 aliphatic carbocycles. The lowest BCUT2D eigenvalue weighted by Crippen LogP contribution is -2.21. The maximum Gasteiger partial charge on any atom is 0.136 e. The highest BCUT2D eigenvalue weighted by Gasteiger charge is 2.13. The number of hydrogen-bond donors (Lipinski definition) is 2. The molecular weight excluding hydrogens is 242 g/mol. The number of nitrogens with two attached hydrogens (primary N) is 1. The summed E-state index contributed by atoms with van der Waals surface area (Å²) in [5.74, 6) is 0.823. The van der Waals surface area contributed by atoms with Gasteiger partial charge in [0.15, 0.2) is 0 Å². The fourth-order valence-electron chi connectivity index (χ4n) is 2.07. The van der Waals surface area contributed by atoms with Crippen LogP contribution in [0.15, 0.2) is 6.07 Å². The minimum Gasteiger partial charge on any atom is -0.389 e. The van der Waals surface area contributed by atoms with E-state index >= 15 is 0 Å². The second-order valence-corrected chi connectivity index (χ2v) is 5.30. The Hall–Kier alpha value is -1.16. The zero-order valence-electron chi connectivity index (χ0n) is 11.7. The highest BCUT2D eigenvalue weighted by molar-refractivity contribution is 7.80. The number of nitrogens with zero attached hydrogens (tertiary/aromatic N) is 1. The second kappa shape index (κ2) is 6.69. The van der Waals surface area contributed by atoms with E-state index in [1.165, 1.54) is 12.8 Å². The number of aryl methyl sites for hydroxylation is 2. The molecule has 3 nitrogen and oxygen atoms in total. The Morgan fingerprint density at radius 1 is 1.50 bits per heavy atom. The molecule has 0 radical (unpaired) electrons. The molecule has 4 heteroatoms. The summed E-state index contributed by atoms with van der Waals surface area (Å²) in [6.45, 7) is 8.36. The molecule has 0 saturated carbocycles. The molecule has 0 aromatic carbocycles. The molecule has 1 rings (SSSR count). The zero-order chi connectivity index (χ0) is 13.7. The standard InChI is InChI=1S/C14H23N3S/c1-5-6-7-10(3)16-14-12(13(15)18)9(2)8-11(4)17-14/h8,10H,5-7H2,1-4H3,(H2,15,18)(H,16,17). The normalized spacial score (nSPS) is 12.2. The highest BCUT2D eigenvalue weighted by Crippen LogP contribution is 2.20. The Kier molecular flexibility index (Phi) is 5.54. The first-order chi connectivity index (χ1) is 8.45. The monoisotopic (exact) mass is 265 g/mol. The maximum absolute atomic E-state index is 5.79. The van der Waals surface area contributed by atoms with Crippen molar-refractivity contribution in [1.29, 1.82) is 0 Å². The summed E-state index contributed by atoms with van der Waals surface area (Å²) in [5.41, 5.74) is 8.73. The molecule has 0 amide bonds. The van der Waals surface area contributed by atoms with Crippen LogP contribution in [0.25, 0.3) is 0 Å². The van der Waals surface area contributed by atoms with Gasteiger partial charge in [0.2, 0.25) is 0 Å². The van der Waals surface area contributed by atoms with Gasteiger partial charge in [-0.1, -0.05) is 32.0 Å². The van der Waals surface area contributed by atoms with Gasteiger partial charge in [-0.15, -0.1) is 0 Å². The van der Waals surface area contributed by atoms with E-state index in [-0.39, 0.29) is 0 Å². The number of pyridine rings is 1. The average molecular weight is 265 g/mol. The molecule has 0 aliphatic heterocycles. The van der Waals surface area contributed by atoms with Gasteiger partial charge in [0, 0.05) is 11.7 Å². The van der Waals surface area contributed by atoms with Crippen molar-refractivity contribution in [3.63, 3.8) is 0 Å². The van der Waals surface area contributed by atoms with E-state index < -0.39 is 0 Å². The molecule has 0 bridgehead atoms. The smallest absolute Gasteiger partial charge is 0.136 e. The minimum atomic E-state index is 0.381. The third-order valence-corrected chi connectivity index (χ3v) is 3.17. The molecular formula is C14H23N3S. The van der Waals surface area contributed by atoms with E-state index in [9.17, 15) is 0 Å². The van der Waals surface area contributed by atoms with E-state index in [4.69, 9.17) is 18.0 Å². The van der Waals surface area contributed by atoms with Crippen molar-refractivity contribution in [1.82, 2.24) is 4.98 Å². The van der Waals surface area contributed by atoms with Crippen LogP contribution in [-0.2, 0) is 0 Å². The zero-order valence-corrected chi connectivity index (χ0v) is 12.5. The minimum absolute atomic E-state index is 0.381. The van der Waals surface area contributed by atoms with Crippen molar-refractivity contribution >= 4 is 23.0 Å². The summed E-state index contributed by atoms with van der Waals surface area (Å²) < 4.78 is 0. The molecule has 1 aromatic rings. The van der Waals surface area contributed by atoms with Gasteiger partial charge in [0.25, 0.3) is 0 Å². The fraction of sp³-hybridized carbons (Fsp3) is 0.571. The van der Waals surface area contributed by atoms with Crippen LogP contribution >= 0.6 is 12.2 Å². The fourth-order valence-corrected chi connectivity index (χ4v) is 2.33. The quantitative estimate of drug-likeness (QED) is 0.775. The van der Waals surface area contributed by atoms with Gasteiger partial charge < -0.3 is 11.1 Å². The molecule has 1 unspecified atom stereocenters. The number of thiocarbonyl (C=S) groups is 1. The summed E-state index contributed by atoms with van der Waals surface area (Å²) in [5, 5.41) is 3.43. The van der Waals surface area contributed by atoms with E-state index in [2.05, 4.69) is 24.1 Å². The van der Waals surface area contributed by atoms with Crippen LogP contribution < -0.4 is 11.1 Å². The average Bonchev–Trinajstić information content (AvgIpc) is 2.24. The largest absolute Gasteiger partial charge is 0.389 e. The van der Waals surface area contributed by atoms with Gasteiger partial charge >= 0.3 is 0 Å². The van der Waals surface area contributed by atoms with E-state index in [0.29, 0.717) is 11.0 Å². The molecule has 0 spiro atoms. The van der Waals surface area contributed by atoms with Gasteiger partial charge in [-0.25, -0.2) is 4.98 Å². The first kappa shape index (κ1) is 14.9. The van der Waals surface area contributed by atoms with Crippen LogP contribution in [0.2, 0.25) is 0 Å². The molecule has 0 aliphatic rings. The van der Waals surface area contributed by atoms with Gasteiger partial charge in [0.1, 0.15) is 10.8 Å². The number of nitrogens with one attached hydrogen (secondary N) is 1. The number of unbranched alkanes of at least 4 members (excludes halogenated alkanes) is 1. The van der Waals surface area contributed by atoms with Gasteiger partial charge in [0.05, 0.1) is 5.56 Å². The first-order valence-corrected chi connectivity index (χ1v) is 6.91. The van der Waals surface area contributed by atoms with Crippen LogP contribution in [-0.4, -0.2) is 16.0 Å². The summed E-state index contributed by atoms with van der Waals surface area (Å²) in [6.07, 6.45) is 3.54. The van der Waals surface area contributed by atoms with Crippen LogP contribution in [0, 0.1) is 13.8 Å². The lowest BCUT2D eigenvalue weighted by molar-refractivity contribution is 0.643. The van der Waals surface area contributed by atoms with Crippen molar-refractivity contribution in [2.24, 2.45) is 5.73 Å². The highest BCUT2D eigenvalue weighted by atomic mass is 32.1. The number of anilines is 1. The summed E-state index contributed by atoms with van der Waals surface area (Å²) >= 11 is 5.12.